The van der Waals surface area contributed by atoms with Crippen LogP contribution in [0.25, 0.3) is 6.08 Å². The molecule has 0 radical (unpaired) electrons. The van der Waals surface area contributed by atoms with E-state index in [9.17, 15) is 0 Å². The highest BCUT2D eigenvalue weighted by molar-refractivity contribution is 5.70. The second-order valence-electron chi connectivity index (χ2n) is 7.10. The van der Waals surface area contributed by atoms with Crippen molar-refractivity contribution in [2.24, 2.45) is 0 Å². The van der Waals surface area contributed by atoms with Gasteiger partial charge in [0.05, 0.1) is 32.9 Å². The molecule has 0 aromatic heterocycles. The number of para-hydroxylation sites is 1. The highest BCUT2D eigenvalue weighted by Crippen LogP contribution is 2.45. The van der Waals surface area contributed by atoms with E-state index < -0.39 is 0 Å². The van der Waals surface area contributed by atoms with Gasteiger partial charge in [-0.1, -0.05) is 38.1 Å². The SMILES string of the molecule is COc1cc(OC)c(/C=C/C2N(C)c3ccccc3C2(C)C)c(OC)c1. The van der Waals surface area contributed by atoms with E-state index in [2.05, 4.69) is 62.2 Å². The maximum Gasteiger partial charge on any atom is 0.133 e. The minimum absolute atomic E-state index is 0.00871. The molecule has 0 N–H and O–H groups in total. The summed E-state index contributed by atoms with van der Waals surface area (Å²) in [5, 5.41) is 0. The Labute approximate surface area is 156 Å². The van der Waals surface area contributed by atoms with Gasteiger partial charge in [0.2, 0.25) is 0 Å². The Morgan fingerprint density at radius 3 is 2.12 bits per heavy atom. The Morgan fingerprint density at radius 2 is 1.58 bits per heavy atom. The molecule has 26 heavy (non-hydrogen) atoms. The van der Waals surface area contributed by atoms with Gasteiger partial charge in [-0.25, -0.2) is 0 Å². The number of hydrogen-bond donors (Lipinski definition) is 0. The molecule has 0 spiro atoms. The normalized spacial score (nSPS) is 18.1. The predicted octanol–water partition coefficient (Wildman–Crippen LogP) is 4.52. The Bertz CT molecular complexity index is 801. The van der Waals surface area contributed by atoms with E-state index in [1.54, 1.807) is 21.3 Å². The summed E-state index contributed by atoms with van der Waals surface area (Å²) in [6, 6.07) is 12.6. The molecule has 0 bridgehead atoms. The molecule has 138 valence electrons. The Balaban J connectivity index is 2.01. The maximum atomic E-state index is 5.56. The minimum atomic E-state index is 0.00871. The van der Waals surface area contributed by atoms with Crippen molar-refractivity contribution in [3.8, 4) is 17.2 Å². The van der Waals surface area contributed by atoms with Gasteiger partial charge in [0.1, 0.15) is 17.2 Å². The molecule has 2 aromatic carbocycles. The molecule has 4 nitrogen and oxygen atoms in total. The first-order valence-electron chi connectivity index (χ1n) is 8.74. The van der Waals surface area contributed by atoms with E-state index in [1.165, 1.54) is 11.3 Å². The van der Waals surface area contributed by atoms with Crippen LogP contribution in [0.5, 0.6) is 17.2 Å². The molecule has 1 aliphatic rings. The van der Waals surface area contributed by atoms with Crippen molar-refractivity contribution >= 4 is 11.8 Å². The van der Waals surface area contributed by atoms with Crippen LogP contribution in [0.1, 0.15) is 25.0 Å². The number of hydrogen-bond acceptors (Lipinski definition) is 4. The van der Waals surface area contributed by atoms with Gasteiger partial charge in [0.25, 0.3) is 0 Å². The molecule has 1 atom stereocenters. The van der Waals surface area contributed by atoms with E-state index in [4.69, 9.17) is 14.2 Å². The summed E-state index contributed by atoms with van der Waals surface area (Å²) < 4.78 is 16.5. The molecular formula is C22H27NO3. The number of benzene rings is 2. The Hall–Kier alpha value is -2.62. The first-order valence-corrected chi connectivity index (χ1v) is 8.74. The molecule has 0 saturated heterocycles. The third-order valence-electron chi connectivity index (χ3n) is 5.33. The van der Waals surface area contributed by atoms with Crippen LogP contribution in [0.2, 0.25) is 0 Å². The average Bonchev–Trinajstić information content (AvgIpc) is 2.85. The quantitative estimate of drug-likeness (QED) is 0.791. The predicted molar refractivity (Wildman–Crippen MR) is 107 cm³/mol. The van der Waals surface area contributed by atoms with Gasteiger partial charge < -0.3 is 19.1 Å². The number of fused-ring (bicyclic) bond motifs is 1. The summed E-state index contributed by atoms with van der Waals surface area (Å²) in [4.78, 5) is 2.33. The second-order valence-corrected chi connectivity index (χ2v) is 7.10. The monoisotopic (exact) mass is 353 g/mol. The largest absolute Gasteiger partial charge is 0.496 e. The lowest BCUT2D eigenvalue weighted by atomic mass is 9.80. The Morgan fingerprint density at radius 1 is 0.962 bits per heavy atom. The standard InChI is InChI=1S/C22H27NO3/c1-22(2)17-9-7-8-10-18(17)23(3)21(22)12-11-16-19(25-5)13-15(24-4)14-20(16)26-6/h7-14,21H,1-6H3/b12-11+. The Kier molecular flexibility index (Phi) is 4.86. The molecule has 0 saturated carbocycles. The summed E-state index contributed by atoms with van der Waals surface area (Å²) in [7, 11) is 7.10. The first-order chi connectivity index (χ1) is 12.4. The molecule has 0 aliphatic carbocycles. The van der Waals surface area contributed by atoms with Crippen LogP contribution in [0.15, 0.2) is 42.5 Å². The smallest absolute Gasteiger partial charge is 0.133 e. The zero-order valence-corrected chi connectivity index (χ0v) is 16.4. The van der Waals surface area contributed by atoms with Crippen LogP contribution in [-0.4, -0.2) is 34.4 Å². The van der Waals surface area contributed by atoms with Crippen molar-refractivity contribution in [2.75, 3.05) is 33.3 Å². The summed E-state index contributed by atoms with van der Waals surface area (Å²) in [6.07, 6.45) is 4.32. The van der Waals surface area contributed by atoms with Crippen molar-refractivity contribution in [1.82, 2.24) is 0 Å². The van der Waals surface area contributed by atoms with Gasteiger partial charge in [0.15, 0.2) is 0 Å². The van der Waals surface area contributed by atoms with Gasteiger partial charge in [-0.2, -0.15) is 0 Å². The van der Waals surface area contributed by atoms with E-state index in [-0.39, 0.29) is 11.5 Å². The lowest BCUT2D eigenvalue weighted by molar-refractivity contribution is 0.374. The second kappa shape index (κ2) is 6.94. The van der Waals surface area contributed by atoms with Crippen molar-refractivity contribution in [3.63, 3.8) is 0 Å². The van der Waals surface area contributed by atoms with Gasteiger partial charge in [-0.15, -0.1) is 0 Å². The first kappa shape index (κ1) is 18.2. The fourth-order valence-electron chi connectivity index (χ4n) is 3.87. The zero-order chi connectivity index (χ0) is 18.9. The minimum Gasteiger partial charge on any atom is -0.496 e. The molecule has 1 heterocycles. The maximum absolute atomic E-state index is 5.56. The molecule has 1 unspecified atom stereocenters. The van der Waals surface area contributed by atoms with E-state index in [1.807, 2.05) is 12.1 Å². The summed E-state index contributed by atoms with van der Waals surface area (Å²) in [5.74, 6) is 2.17. The molecule has 0 amide bonds. The molecule has 2 aromatic rings. The number of rotatable bonds is 5. The summed E-state index contributed by atoms with van der Waals surface area (Å²) in [5.41, 5.74) is 3.57. The molecular weight excluding hydrogens is 326 g/mol. The number of likely N-dealkylation sites (N-methyl/N-ethyl adjacent to an activating group) is 1. The number of methoxy groups -OCH3 is 3. The molecule has 1 aliphatic heterocycles. The lowest BCUT2D eigenvalue weighted by Crippen LogP contribution is -2.37. The van der Waals surface area contributed by atoms with Crippen molar-refractivity contribution < 1.29 is 14.2 Å². The number of nitrogens with zero attached hydrogens (tertiary/aromatic N) is 1. The number of ether oxygens (including phenoxy) is 3. The van der Waals surface area contributed by atoms with Crippen LogP contribution in [0, 0.1) is 0 Å². The summed E-state index contributed by atoms with van der Waals surface area (Å²) >= 11 is 0. The highest BCUT2D eigenvalue weighted by atomic mass is 16.5. The van der Waals surface area contributed by atoms with Gasteiger partial charge in [-0.3, -0.25) is 0 Å². The topological polar surface area (TPSA) is 30.9 Å². The summed E-state index contributed by atoms with van der Waals surface area (Å²) in [6.45, 7) is 4.57. The van der Waals surface area contributed by atoms with Crippen molar-refractivity contribution in [3.05, 3.63) is 53.6 Å². The molecule has 4 heteroatoms. The molecule has 0 fully saturated rings. The van der Waals surface area contributed by atoms with Gasteiger partial charge >= 0.3 is 0 Å². The average molecular weight is 353 g/mol. The van der Waals surface area contributed by atoms with E-state index >= 15 is 0 Å². The van der Waals surface area contributed by atoms with Crippen molar-refractivity contribution in [2.45, 2.75) is 25.3 Å². The fraction of sp³-hybridized carbons (Fsp3) is 0.364. The third-order valence-corrected chi connectivity index (χ3v) is 5.33. The highest BCUT2D eigenvalue weighted by Gasteiger charge is 2.41. The van der Waals surface area contributed by atoms with Crippen LogP contribution in [0.3, 0.4) is 0 Å². The van der Waals surface area contributed by atoms with Gasteiger partial charge in [0, 0.05) is 30.3 Å². The number of anilines is 1. The van der Waals surface area contributed by atoms with Crippen LogP contribution in [0.4, 0.5) is 5.69 Å². The van der Waals surface area contributed by atoms with Crippen molar-refractivity contribution in [1.29, 1.82) is 0 Å². The van der Waals surface area contributed by atoms with Gasteiger partial charge in [-0.05, 0) is 17.7 Å². The third kappa shape index (κ3) is 2.90. The zero-order valence-electron chi connectivity index (χ0n) is 16.4. The fourth-order valence-corrected chi connectivity index (χ4v) is 3.87. The van der Waals surface area contributed by atoms with Crippen LogP contribution >= 0.6 is 0 Å². The van der Waals surface area contributed by atoms with Crippen LogP contribution in [-0.2, 0) is 5.41 Å². The molecule has 3 rings (SSSR count). The van der Waals surface area contributed by atoms with E-state index in [0.717, 1.165) is 17.1 Å². The van der Waals surface area contributed by atoms with E-state index in [0.29, 0.717) is 5.75 Å². The van der Waals surface area contributed by atoms with Crippen LogP contribution < -0.4 is 19.1 Å². The lowest BCUT2D eigenvalue weighted by Gasteiger charge is -2.29.